The van der Waals surface area contributed by atoms with Gasteiger partial charge in [-0.2, -0.15) is 0 Å². The molecule has 0 aliphatic heterocycles. The van der Waals surface area contributed by atoms with Crippen LogP contribution in [-0.4, -0.2) is 35.8 Å². The molecule has 0 saturated heterocycles. The van der Waals surface area contributed by atoms with Crippen molar-refractivity contribution in [3.05, 3.63) is 65.2 Å². The van der Waals surface area contributed by atoms with Gasteiger partial charge >= 0.3 is 0 Å². The highest BCUT2D eigenvalue weighted by Gasteiger charge is 2.15. The molecule has 0 aliphatic rings. The first-order valence-electron chi connectivity index (χ1n) is 9.59. The summed E-state index contributed by atoms with van der Waals surface area (Å²) in [6.45, 7) is 11.4. The zero-order valence-electron chi connectivity index (χ0n) is 16.6. The fourth-order valence-electron chi connectivity index (χ4n) is 2.96. The SMILES string of the molecule is Cc1ccccc1CN(CCC(C)C)C[C@@H](O)COc1ccccc1C. The smallest absolute Gasteiger partial charge is 0.122 e. The van der Waals surface area contributed by atoms with Crippen LogP contribution in [0.15, 0.2) is 48.5 Å². The highest BCUT2D eigenvalue weighted by Crippen LogP contribution is 2.17. The molecule has 0 radical (unpaired) electrons. The van der Waals surface area contributed by atoms with Crippen LogP contribution in [0, 0.1) is 19.8 Å². The number of nitrogens with zero attached hydrogens (tertiary/aromatic N) is 1. The van der Waals surface area contributed by atoms with E-state index in [-0.39, 0.29) is 0 Å². The molecule has 3 nitrogen and oxygen atoms in total. The van der Waals surface area contributed by atoms with Gasteiger partial charge in [0.15, 0.2) is 0 Å². The lowest BCUT2D eigenvalue weighted by molar-refractivity contribution is 0.0636. The number of aliphatic hydroxyl groups is 1. The minimum atomic E-state index is -0.509. The average Bonchev–Trinajstić information content (AvgIpc) is 2.61. The fraction of sp³-hybridized carbons (Fsp3) is 0.478. The van der Waals surface area contributed by atoms with Crippen LogP contribution in [-0.2, 0) is 6.54 Å². The van der Waals surface area contributed by atoms with Crippen molar-refractivity contribution in [2.24, 2.45) is 5.92 Å². The second-order valence-corrected chi connectivity index (χ2v) is 7.57. The van der Waals surface area contributed by atoms with Crippen molar-refractivity contribution in [1.82, 2.24) is 4.90 Å². The molecular formula is C23H33NO2. The number of aryl methyl sites for hydroxylation is 2. The third-order valence-electron chi connectivity index (χ3n) is 4.67. The van der Waals surface area contributed by atoms with Gasteiger partial charge in [-0.15, -0.1) is 0 Å². The summed E-state index contributed by atoms with van der Waals surface area (Å²) in [5, 5.41) is 10.5. The van der Waals surface area contributed by atoms with Gasteiger partial charge in [-0.1, -0.05) is 56.3 Å². The average molecular weight is 356 g/mol. The number of ether oxygens (including phenoxy) is 1. The van der Waals surface area contributed by atoms with Crippen molar-refractivity contribution in [1.29, 1.82) is 0 Å². The van der Waals surface area contributed by atoms with Crippen LogP contribution in [0.1, 0.15) is 37.0 Å². The predicted molar refractivity (Wildman–Crippen MR) is 109 cm³/mol. The van der Waals surface area contributed by atoms with Gasteiger partial charge in [-0.25, -0.2) is 0 Å². The Morgan fingerprint density at radius 3 is 2.27 bits per heavy atom. The third kappa shape index (κ3) is 6.81. The molecule has 2 aromatic rings. The minimum absolute atomic E-state index is 0.316. The summed E-state index contributed by atoms with van der Waals surface area (Å²) in [6, 6.07) is 16.4. The van der Waals surface area contributed by atoms with Crippen molar-refractivity contribution in [2.45, 2.75) is 46.8 Å². The van der Waals surface area contributed by atoms with Crippen molar-refractivity contribution >= 4 is 0 Å². The second-order valence-electron chi connectivity index (χ2n) is 7.57. The highest BCUT2D eigenvalue weighted by molar-refractivity contribution is 5.31. The van der Waals surface area contributed by atoms with Gasteiger partial charge in [0.25, 0.3) is 0 Å². The van der Waals surface area contributed by atoms with Crippen LogP contribution >= 0.6 is 0 Å². The number of para-hydroxylation sites is 1. The summed E-state index contributed by atoms with van der Waals surface area (Å²) in [7, 11) is 0. The summed E-state index contributed by atoms with van der Waals surface area (Å²) >= 11 is 0. The van der Waals surface area contributed by atoms with Crippen molar-refractivity contribution < 1.29 is 9.84 Å². The van der Waals surface area contributed by atoms with Gasteiger partial charge < -0.3 is 9.84 Å². The summed E-state index contributed by atoms with van der Waals surface area (Å²) in [5.74, 6) is 1.49. The maximum Gasteiger partial charge on any atom is 0.122 e. The molecule has 1 N–H and O–H groups in total. The van der Waals surface area contributed by atoms with Gasteiger partial charge in [-0.05, 0) is 55.5 Å². The van der Waals surface area contributed by atoms with E-state index in [9.17, 15) is 5.11 Å². The molecule has 0 aliphatic carbocycles. The Morgan fingerprint density at radius 2 is 1.62 bits per heavy atom. The van der Waals surface area contributed by atoms with Crippen LogP contribution in [0.4, 0.5) is 0 Å². The molecule has 0 bridgehead atoms. The number of rotatable bonds is 10. The molecule has 0 spiro atoms. The second kappa shape index (κ2) is 10.3. The van der Waals surface area contributed by atoms with Gasteiger partial charge in [0.05, 0.1) is 0 Å². The van der Waals surface area contributed by atoms with E-state index in [2.05, 4.69) is 49.9 Å². The molecule has 142 valence electrons. The molecule has 1 atom stereocenters. The minimum Gasteiger partial charge on any atom is -0.491 e. The first kappa shape index (κ1) is 20.5. The van der Waals surface area contributed by atoms with Gasteiger partial charge in [0, 0.05) is 13.1 Å². The number of aliphatic hydroxyl groups excluding tert-OH is 1. The topological polar surface area (TPSA) is 32.7 Å². The molecular weight excluding hydrogens is 322 g/mol. The molecule has 26 heavy (non-hydrogen) atoms. The number of hydrogen-bond donors (Lipinski definition) is 1. The fourth-order valence-corrected chi connectivity index (χ4v) is 2.96. The number of hydrogen-bond acceptors (Lipinski definition) is 3. The van der Waals surface area contributed by atoms with E-state index in [0.29, 0.717) is 19.1 Å². The van der Waals surface area contributed by atoms with Crippen molar-refractivity contribution in [3.8, 4) is 5.75 Å². The van der Waals surface area contributed by atoms with Gasteiger partial charge in [0.2, 0.25) is 0 Å². The van der Waals surface area contributed by atoms with E-state index in [1.54, 1.807) is 0 Å². The molecule has 0 amide bonds. The Kier molecular flexibility index (Phi) is 8.14. The lowest BCUT2D eigenvalue weighted by Crippen LogP contribution is -2.36. The molecule has 0 fully saturated rings. The zero-order valence-corrected chi connectivity index (χ0v) is 16.6. The van der Waals surface area contributed by atoms with E-state index in [1.165, 1.54) is 11.1 Å². The van der Waals surface area contributed by atoms with Crippen LogP contribution < -0.4 is 4.74 Å². The summed E-state index contributed by atoms with van der Waals surface area (Å²) < 4.78 is 5.82. The van der Waals surface area contributed by atoms with Crippen LogP contribution in [0.3, 0.4) is 0 Å². The molecule has 2 aromatic carbocycles. The molecule has 0 saturated carbocycles. The first-order valence-corrected chi connectivity index (χ1v) is 9.59. The third-order valence-corrected chi connectivity index (χ3v) is 4.67. The van der Waals surface area contributed by atoms with E-state index in [4.69, 9.17) is 4.74 Å². The Bertz CT molecular complexity index is 669. The highest BCUT2D eigenvalue weighted by atomic mass is 16.5. The van der Waals surface area contributed by atoms with Gasteiger partial charge in [0.1, 0.15) is 18.5 Å². The molecule has 2 rings (SSSR count). The van der Waals surface area contributed by atoms with E-state index in [0.717, 1.165) is 30.8 Å². The maximum atomic E-state index is 10.5. The zero-order chi connectivity index (χ0) is 18.9. The largest absolute Gasteiger partial charge is 0.491 e. The van der Waals surface area contributed by atoms with Gasteiger partial charge in [-0.3, -0.25) is 4.90 Å². The first-order chi connectivity index (χ1) is 12.5. The molecule has 0 heterocycles. The lowest BCUT2D eigenvalue weighted by Gasteiger charge is -2.26. The van der Waals surface area contributed by atoms with Crippen molar-refractivity contribution in [2.75, 3.05) is 19.7 Å². The monoisotopic (exact) mass is 355 g/mol. The molecule has 0 aromatic heterocycles. The Balaban J connectivity index is 1.94. The summed E-state index contributed by atoms with van der Waals surface area (Å²) in [4.78, 5) is 2.34. The molecule has 3 heteroatoms. The van der Waals surface area contributed by atoms with E-state index in [1.807, 2.05) is 31.2 Å². The Morgan fingerprint density at radius 1 is 0.962 bits per heavy atom. The van der Waals surface area contributed by atoms with E-state index < -0.39 is 6.10 Å². The lowest BCUT2D eigenvalue weighted by atomic mass is 10.1. The Labute approximate surface area is 158 Å². The summed E-state index contributed by atoms with van der Waals surface area (Å²) in [6.07, 6.45) is 0.614. The summed E-state index contributed by atoms with van der Waals surface area (Å²) in [5.41, 5.74) is 3.72. The Hall–Kier alpha value is -1.84. The molecule has 0 unspecified atom stereocenters. The standard InChI is InChI=1S/C23H33NO2/c1-18(2)13-14-24(15-21-11-7-5-9-19(21)3)16-22(25)17-26-23-12-8-6-10-20(23)4/h5-12,18,22,25H,13-17H2,1-4H3/t22-/m1/s1. The predicted octanol–water partition coefficient (Wildman–Crippen LogP) is 4.59. The van der Waals surface area contributed by atoms with E-state index >= 15 is 0 Å². The van der Waals surface area contributed by atoms with Crippen LogP contribution in [0.25, 0.3) is 0 Å². The van der Waals surface area contributed by atoms with Crippen LogP contribution in [0.2, 0.25) is 0 Å². The van der Waals surface area contributed by atoms with Crippen LogP contribution in [0.5, 0.6) is 5.75 Å². The quantitative estimate of drug-likeness (QED) is 0.676. The number of benzene rings is 2. The van der Waals surface area contributed by atoms with Crippen molar-refractivity contribution in [3.63, 3.8) is 0 Å². The maximum absolute atomic E-state index is 10.5. The normalized spacial score (nSPS) is 12.6.